The topological polar surface area (TPSA) is 56.6 Å². The van der Waals surface area contributed by atoms with E-state index in [0.717, 1.165) is 41.9 Å². The van der Waals surface area contributed by atoms with Crippen LogP contribution in [-0.2, 0) is 17.8 Å². The molecule has 34 heavy (non-hydrogen) atoms. The van der Waals surface area contributed by atoms with Crippen LogP contribution in [0.25, 0.3) is 11.0 Å². The van der Waals surface area contributed by atoms with Gasteiger partial charge in [0.1, 0.15) is 17.3 Å². The summed E-state index contributed by atoms with van der Waals surface area (Å²) in [6, 6.07) is 24.3. The van der Waals surface area contributed by atoms with Gasteiger partial charge in [0.05, 0.1) is 30.9 Å². The third-order valence-corrected chi connectivity index (χ3v) is 6.54. The molecule has 0 N–H and O–H groups in total. The number of hydrogen-bond donors (Lipinski definition) is 0. The highest BCUT2D eigenvalue weighted by atomic mass is 16.5. The molecule has 1 fully saturated rings. The van der Waals surface area contributed by atoms with Crippen LogP contribution in [0.5, 0.6) is 11.5 Å². The summed E-state index contributed by atoms with van der Waals surface area (Å²) in [5, 5.41) is 0. The molecule has 174 valence electrons. The van der Waals surface area contributed by atoms with Crippen molar-refractivity contribution in [3.63, 3.8) is 0 Å². The molecule has 1 aromatic heterocycles. The van der Waals surface area contributed by atoms with Crippen LogP contribution >= 0.6 is 0 Å². The molecule has 1 aliphatic rings. The number of aromatic nitrogens is 2. The molecule has 4 aromatic rings. The zero-order valence-electron chi connectivity index (χ0n) is 19.6. The van der Waals surface area contributed by atoms with Crippen molar-refractivity contribution in [2.24, 2.45) is 0 Å². The maximum Gasteiger partial charge on any atom is 0.227 e. The summed E-state index contributed by atoms with van der Waals surface area (Å²) in [5.74, 6) is 2.41. The summed E-state index contributed by atoms with van der Waals surface area (Å²) in [5.41, 5.74) is 4.17. The van der Waals surface area contributed by atoms with Gasteiger partial charge in [-0.15, -0.1) is 0 Å². The van der Waals surface area contributed by atoms with Gasteiger partial charge in [-0.1, -0.05) is 42.5 Å². The van der Waals surface area contributed by atoms with E-state index >= 15 is 0 Å². The number of para-hydroxylation sites is 2. The fraction of sp³-hybridized carbons (Fsp3) is 0.286. The van der Waals surface area contributed by atoms with Crippen molar-refractivity contribution in [3.8, 4) is 11.5 Å². The van der Waals surface area contributed by atoms with Gasteiger partial charge in [0, 0.05) is 31.5 Å². The molecule has 0 bridgehead atoms. The van der Waals surface area contributed by atoms with Gasteiger partial charge in [0.15, 0.2) is 0 Å². The third kappa shape index (κ3) is 4.23. The minimum absolute atomic E-state index is 0.00697. The molecule has 1 atom stereocenters. The molecular weight excluding hydrogens is 426 g/mol. The van der Waals surface area contributed by atoms with E-state index in [1.807, 2.05) is 36.4 Å². The normalized spacial score (nSPS) is 15.8. The second-order valence-electron chi connectivity index (χ2n) is 8.64. The highest BCUT2D eigenvalue weighted by Crippen LogP contribution is 2.39. The Labute approximate surface area is 199 Å². The van der Waals surface area contributed by atoms with Crippen LogP contribution in [0, 0.1) is 0 Å². The van der Waals surface area contributed by atoms with Crippen LogP contribution in [0.15, 0.2) is 72.8 Å². The lowest BCUT2D eigenvalue weighted by molar-refractivity contribution is -0.117. The zero-order chi connectivity index (χ0) is 23.5. The number of imidazole rings is 1. The molecule has 1 aliphatic heterocycles. The molecule has 5 rings (SSSR count). The second-order valence-corrected chi connectivity index (χ2v) is 8.64. The summed E-state index contributed by atoms with van der Waals surface area (Å²) in [6.07, 6.45) is 2.43. The Hall–Kier alpha value is -3.80. The third-order valence-electron chi connectivity index (χ3n) is 6.54. The van der Waals surface area contributed by atoms with Crippen LogP contribution < -0.4 is 14.4 Å². The molecule has 0 radical (unpaired) electrons. The van der Waals surface area contributed by atoms with E-state index in [9.17, 15) is 4.79 Å². The van der Waals surface area contributed by atoms with Crippen molar-refractivity contribution < 1.29 is 14.3 Å². The zero-order valence-corrected chi connectivity index (χ0v) is 19.6. The van der Waals surface area contributed by atoms with Crippen LogP contribution in [0.1, 0.15) is 30.1 Å². The van der Waals surface area contributed by atoms with Crippen molar-refractivity contribution >= 4 is 22.6 Å². The molecule has 0 unspecified atom stereocenters. The van der Waals surface area contributed by atoms with Gasteiger partial charge in [-0.2, -0.15) is 0 Å². The minimum Gasteiger partial charge on any atom is -0.497 e. The first-order chi connectivity index (χ1) is 16.7. The number of carbonyl (C=O) groups excluding carboxylic acids is 1. The number of amides is 1. The molecule has 0 spiro atoms. The van der Waals surface area contributed by atoms with E-state index in [0.29, 0.717) is 24.5 Å². The number of rotatable bonds is 8. The molecule has 3 aromatic carbocycles. The SMILES string of the molecule is COc1ccc(OC)c(N2C[C@@H](c3nc4ccccc4n3CCCc3ccccc3)CC2=O)c1. The standard InChI is InChI=1S/C28H29N3O3/c1-33-22-14-15-26(34-2)25(18-22)31-19-21(17-27(31)32)28-29-23-12-6-7-13-24(23)30(28)16-8-11-20-9-4-3-5-10-20/h3-7,9-10,12-15,18,21H,8,11,16-17,19H2,1-2H3/t21-/m0/s1. The summed E-state index contributed by atoms with van der Waals surface area (Å²) in [6.45, 7) is 1.42. The molecule has 0 aliphatic carbocycles. The van der Waals surface area contributed by atoms with E-state index in [1.54, 1.807) is 19.1 Å². The number of nitrogens with zero attached hydrogens (tertiary/aromatic N) is 3. The van der Waals surface area contributed by atoms with Crippen molar-refractivity contribution in [2.75, 3.05) is 25.7 Å². The van der Waals surface area contributed by atoms with E-state index in [2.05, 4.69) is 41.0 Å². The summed E-state index contributed by atoms with van der Waals surface area (Å²) >= 11 is 0. The molecule has 0 saturated carbocycles. The van der Waals surface area contributed by atoms with Gasteiger partial charge in [-0.3, -0.25) is 4.79 Å². The van der Waals surface area contributed by atoms with Crippen LogP contribution in [-0.4, -0.2) is 36.2 Å². The predicted molar refractivity (Wildman–Crippen MR) is 134 cm³/mol. The predicted octanol–water partition coefficient (Wildman–Crippen LogP) is 5.21. The Morgan fingerprint density at radius 2 is 1.76 bits per heavy atom. The Kier molecular flexibility index (Phi) is 6.21. The average molecular weight is 456 g/mol. The average Bonchev–Trinajstić information content (AvgIpc) is 3.44. The quantitative estimate of drug-likeness (QED) is 0.366. The van der Waals surface area contributed by atoms with Gasteiger partial charge < -0.3 is 18.9 Å². The Morgan fingerprint density at radius 1 is 0.971 bits per heavy atom. The number of benzene rings is 3. The minimum atomic E-state index is 0.00697. The number of hydrogen-bond acceptors (Lipinski definition) is 4. The fourth-order valence-electron chi connectivity index (χ4n) is 4.85. The molecule has 1 saturated heterocycles. The first kappa shape index (κ1) is 22.0. The van der Waals surface area contributed by atoms with Gasteiger partial charge in [-0.05, 0) is 42.7 Å². The van der Waals surface area contributed by atoms with Crippen molar-refractivity contribution in [1.29, 1.82) is 0 Å². The molecule has 2 heterocycles. The highest BCUT2D eigenvalue weighted by molar-refractivity contribution is 5.98. The van der Waals surface area contributed by atoms with Crippen LogP contribution in [0.2, 0.25) is 0 Å². The maximum atomic E-state index is 13.1. The van der Waals surface area contributed by atoms with Gasteiger partial charge in [0.2, 0.25) is 5.91 Å². The first-order valence-corrected chi connectivity index (χ1v) is 11.7. The molecule has 1 amide bonds. The van der Waals surface area contributed by atoms with Gasteiger partial charge >= 0.3 is 0 Å². The van der Waals surface area contributed by atoms with E-state index < -0.39 is 0 Å². The Balaban J connectivity index is 1.43. The monoisotopic (exact) mass is 455 g/mol. The number of aryl methyl sites for hydroxylation is 2. The van der Waals surface area contributed by atoms with E-state index in [4.69, 9.17) is 14.5 Å². The molecule has 6 heteroatoms. The van der Waals surface area contributed by atoms with Crippen molar-refractivity contribution in [2.45, 2.75) is 31.7 Å². The lowest BCUT2D eigenvalue weighted by atomic mass is 10.1. The van der Waals surface area contributed by atoms with Gasteiger partial charge in [0.25, 0.3) is 0 Å². The highest BCUT2D eigenvalue weighted by Gasteiger charge is 2.36. The number of fused-ring (bicyclic) bond motifs is 1. The van der Waals surface area contributed by atoms with Crippen LogP contribution in [0.3, 0.4) is 0 Å². The van der Waals surface area contributed by atoms with E-state index in [1.165, 1.54) is 5.56 Å². The van der Waals surface area contributed by atoms with Crippen LogP contribution in [0.4, 0.5) is 5.69 Å². The fourth-order valence-corrected chi connectivity index (χ4v) is 4.85. The smallest absolute Gasteiger partial charge is 0.227 e. The van der Waals surface area contributed by atoms with Crippen molar-refractivity contribution in [1.82, 2.24) is 9.55 Å². The van der Waals surface area contributed by atoms with Gasteiger partial charge in [-0.25, -0.2) is 4.98 Å². The number of ether oxygens (including phenoxy) is 2. The Bertz CT molecular complexity index is 1300. The second kappa shape index (κ2) is 9.59. The summed E-state index contributed by atoms with van der Waals surface area (Å²) in [4.78, 5) is 19.9. The number of carbonyl (C=O) groups is 1. The maximum absolute atomic E-state index is 13.1. The lowest BCUT2D eigenvalue weighted by Crippen LogP contribution is -2.25. The summed E-state index contributed by atoms with van der Waals surface area (Å²) in [7, 11) is 3.24. The largest absolute Gasteiger partial charge is 0.497 e. The lowest BCUT2D eigenvalue weighted by Gasteiger charge is -2.20. The molecular formula is C28H29N3O3. The molecule has 6 nitrogen and oxygen atoms in total. The summed E-state index contributed by atoms with van der Waals surface area (Å²) < 4.78 is 13.2. The van der Waals surface area contributed by atoms with E-state index in [-0.39, 0.29) is 11.8 Å². The van der Waals surface area contributed by atoms with Crippen molar-refractivity contribution in [3.05, 3.63) is 84.2 Å². The first-order valence-electron chi connectivity index (χ1n) is 11.7. The number of methoxy groups -OCH3 is 2. The number of anilines is 1. The Morgan fingerprint density at radius 3 is 2.56 bits per heavy atom.